The molecule has 0 spiro atoms. The topological polar surface area (TPSA) is 66.4 Å². The van der Waals surface area contributed by atoms with Gasteiger partial charge in [0.25, 0.3) is 0 Å². The molecule has 0 fully saturated rings. The molecule has 21 heavy (non-hydrogen) atoms. The zero-order valence-corrected chi connectivity index (χ0v) is 12.7. The maximum absolute atomic E-state index is 11.7. The number of anilines is 2. The zero-order valence-electron chi connectivity index (χ0n) is 11.1. The largest absolute Gasteiger partial charge is 0.325 e. The van der Waals surface area contributed by atoms with Crippen molar-refractivity contribution in [1.29, 1.82) is 0 Å². The molecule has 2 aromatic rings. The normalized spacial score (nSPS) is 16.0. The third-order valence-corrected chi connectivity index (χ3v) is 3.69. The zero-order chi connectivity index (χ0) is 14.7. The fourth-order valence-electron chi connectivity index (χ4n) is 2.09. The lowest BCUT2D eigenvalue weighted by Crippen LogP contribution is -2.09. The summed E-state index contributed by atoms with van der Waals surface area (Å²) in [6, 6.07) is 9.52. The number of halogens is 1. The van der Waals surface area contributed by atoms with E-state index in [9.17, 15) is 4.79 Å². The quantitative estimate of drug-likeness (QED) is 0.820. The highest BCUT2D eigenvalue weighted by Crippen LogP contribution is 2.22. The molecule has 2 heterocycles. The number of carbonyl (C=O) groups excluding carboxylic acids is 1. The van der Waals surface area contributed by atoms with Gasteiger partial charge in [-0.25, -0.2) is 0 Å². The lowest BCUT2D eigenvalue weighted by molar-refractivity contribution is -0.116. The van der Waals surface area contributed by atoms with Gasteiger partial charge >= 0.3 is 0 Å². The predicted molar refractivity (Wildman–Crippen MR) is 86.4 cm³/mol. The molecule has 2 N–H and O–H groups in total. The van der Waals surface area contributed by atoms with Crippen LogP contribution < -0.4 is 10.7 Å². The van der Waals surface area contributed by atoms with Gasteiger partial charge in [0, 0.05) is 35.3 Å². The molecule has 106 valence electrons. The fraction of sp³-hybridized carbons (Fsp3) is 0.133. The summed E-state index contributed by atoms with van der Waals surface area (Å²) in [5.74, 6) is -0.00343. The highest BCUT2D eigenvalue weighted by atomic mass is 79.9. The van der Waals surface area contributed by atoms with E-state index in [1.54, 1.807) is 18.5 Å². The molecule has 0 unspecified atom stereocenters. The Kier molecular flexibility index (Phi) is 3.96. The lowest BCUT2D eigenvalue weighted by Gasteiger charge is -2.07. The Morgan fingerprint density at radius 2 is 2.00 bits per heavy atom. The first-order valence-electron chi connectivity index (χ1n) is 6.55. The van der Waals surface area contributed by atoms with E-state index in [1.807, 2.05) is 24.3 Å². The molecule has 0 bridgehead atoms. The van der Waals surface area contributed by atoms with Gasteiger partial charge in [0.15, 0.2) is 0 Å². The number of amides is 1. The SMILES string of the molecule is O=C1CC/C(=N\Nc2ccc(Br)cc2)c2cnccc2N1. The first kappa shape index (κ1) is 13.8. The molecule has 1 amide bonds. The standard InChI is InChI=1S/C15H13BrN4O/c16-10-1-3-11(4-2-10)19-20-14-5-6-15(21)18-13-7-8-17-9-12(13)14/h1-4,7-9,19H,5-6H2,(H,18,21)/b20-14+. The fourth-order valence-corrected chi connectivity index (χ4v) is 2.35. The highest BCUT2D eigenvalue weighted by molar-refractivity contribution is 9.10. The summed E-state index contributed by atoms with van der Waals surface area (Å²) in [4.78, 5) is 15.8. The molecule has 5 nitrogen and oxygen atoms in total. The van der Waals surface area contributed by atoms with Gasteiger partial charge in [-0.05, 0) is 30.3 Å². The Hall–Kier alpha value is -2.21. The van der Waals surface area contributed by atoms with Gasteiger partial charge in [0.2, 0.25) is 5.91 Å². The number of rotatable bonds is 2. The van der Waals surface area contributed by atoms with Crippen LogP contribution in [0.2, 0.25) is 0 Å². The van der Waals surface area contributed by atoms with Crippen molar-refractivity contribution in [3.05, 3.63) is 52.8 Å². The predicted octanol–water partition coefficient (Wildman–Crippen LogP) is 3.39. The van der Waals surface area contributed by atoms with Gasteiger partial charge in [-0.3, -0.25) is 15.2 Å². The number of nitrogens with zero attached hydrogens (tertiary/aromatic N) is 2. The number of pyridine rings is 1. The summed E-state index contributed by atoms with van der Waals surface area (Å²) in [6.45, 7) is 0. The molecule has 0 saturated heterocycles. The van der Waals surface area contributed by atoms with Gasteiger partial charge < -0.3 is 5.32 Å². The smallest absolute Gasteiger partial charge is 0.224 e. The third-order valence-electron chi connectivity index (χ3n) is 3.16. The van der Waals surface area contributed by atoms with Crippen molar-refractivity contribution in [1.82, 2.24) is 4.98 Å². The lowest BCUT2D eigenvalue weighted by atomic mass is 10.1. The summed E-state index contributed by atoms with van der Waals surface area (Å²) in [5.41, 5.74) is 6.34. The van der Waals surface area contributed by atoms with E-state index in [0.717, 1.165) is 27.1 Å². The van der Waals surface area contributed by atoms with E-state index in [1.165, 1.54) is 0 Å². The maximum Gasteiger partial charge on any atom is 0.224 e. The van der Waals surface area contributed by atoms with E-state index in [4.69, 9.17) is 0 Å². The minimum Gasteiger partial charge on any atom is -0.325 e. The number of aromatic nitrogens is 1. The van der Waals surface area contributed by atoms with Crippen molar-refractivity contribution < 1.29 is 4.79 Å². The summed E-state index contributed by atoms with van der Waals surface area (Å²) >= 11 is 3.39. The van der Waals surface area contributed by atoms with Gasteiger partial charge in [-0.15, -0.1) is 0 Å². The molecule has 0 saturated carbocycles. The number of fused-ring (bicyclic) bond motifs is 1. The second kappa shape index (κ2) is 6.05. The van der Waals surface area contributed by atoms with E-state index >= 15 is 0 Å². The van der Waals surface area contributed by atoms with E-state index in [-0.39, 0.29) is 5.91 Å². The molecule has 0 radical (unpaired) electrons. The molecule has 6 heteroatoms. The number of carbonyl (C=O) groups is 1. The first-order valence-corrected chi connectivity index (χ1v) is 7.34. The van der Waals surface area contributed by atoms with Crippen LogP contribution in [-0.2, 0) is 4.79 Å². The van der Waals surface area contributed by atoms with Crippen molar-refractivity contribution in [2.75, 3.05) is 10.7 Å². The van der Waals surface area contributed by atoms with Crippen molar-refractivity contribution in [2.24, 2.45) is 5.10 Å². The molecular weight excluding hydrogens is 332 g/mol. The first-order chi connectivity index (χ1) is 10.2. The minimum absolute atomic E-state index is 0.00343. The van der Waals surface area contributed by atoms with Crippen LogP contribution in [0.1, 0.15) is 18.4 Å². The third kappa shape index (κ3) is 3.28. The van der Waals surface area contributed by atoms with Crippen LogP contribution in [0.25, 0.3) is 0 Å². The number of nitrogens with one attached hydrogen (secondary N) is 2. The van der Waals surface area contributed by atoms with Crippen LogP contribution >= 0.6 is 15.9 Å². The molecule has 0 aliphatic carbocycles. The minimum atomic E-state index is -0.00343. The number of hydrogen-bond acceptors (Lipinski definition) is 4. The van der Waals surface area contributed by atoms with Gasteiger partial charge in [0.1, 0.15) is 0 Å². The summed E-state index contributed by atoms with van der Waals surface area (Å²) in [5, 5.41) is 7.30. The summed E-state index contributed by atoms with van der Waals surface area (Å²) in [7, 11) is 0. The van der Waals surface area contributed by atoms with Crippen LogP contribution in [0.4, 0.5) is 11.4 Å². The molecule has 0 atom stereocenters. The highest BCUT2D eigenvalue weighted by Gasteiger charge is 2.18. The van der Waals surface area contributed by atoms with Crippen molar-refractivity contribution in [3.8, 4) is 0 Å². The van der Waals surface area contributed by atoms with Crippen molar-refractivity contribution in [2.45, 2.75) is 12.8 Å². The van der Waals surface area contributed by atoms with Crippen LogP contribution in [0.5, 0.6) is 0 Å². The number of hydrazone groups is 1. The van der Waals surface area contributed by atoms with Gasteiger partial charge in [-0.1, -0.05) is 15.9 Å². The van der Waals surface area contributed by atoms with Crippen molar-refractivity contribution in [3.63, 3.8) is 0 Å². The second-order valence-corrected chi connectivity index (χ2v) is 5.56. The molecule has 1 aliphatic rings. The van der Waals surface area contributed by atoms with E-state index in [2.05, 4.69) is 36.8 Å². The Morgan fingerprint density at radius 1 is 1.19 bits per heavy atom. The Balaban J connectivity index is 1.88. The number of benzene rings is 1. The summed E-state index contributed by atoms with van der Waals surface area (Å²) in [6.07, 6.45) is 4.37. The molecule has 1 aliphatic heterocycles. The van der Waals surface area contributed by atoms with Crippen LogP contribution in [0.15, 0.2) is 52.3 Å². The average molecular weight is 345 g/mol. The molecular formula is C15H13BrN4O. The second-order valence-electron chi connectivity index (χ2n) is 4.65. The van der Waals surface area contributed by atoms with Gasteiger partial charge in [-0.2, -0.15) is 5.10 Å². The van der Waals surface area contributed by atoms with E-state index < -0.39 is 0 Å². The summed E-state index contributed by atoms with van der Waals surface area (Å²) < 4.78 is 1.01. The number of hydrogen-bond donors (Lipinski definition) is 2. The Labute approximate surface area is 130 Å². The van der Waals surface area contributed by atoms with Gasteiger partial charge in [0.05, 0.1) is 17.1 Å². The molecule has 1 aromatic heterocycles. The van der Waals surface area contributed by atoms with E-state index in [0.29, 0.717) is 12.8 Å². The molecule has 1 aromatic carbocycles. The monoisotopic (exact) mass is 344 g/mol. The Morgan fingerprint density at radius 3 is 2.81 bits per heavy atom. The van der Waals surface area contributed by atoms with Crippen LogP contribution in [-0.4, -0.2) is 16.6 Å². The van der Waals surface area contributed by atoms with Crippen LogP contribution in [0.3, 0.4) is 0 Å². The van der Waals surface area contributed by atoms with Crippen LogP contribution in [0, 0.1) is 0 Å². The molecule has 3 rings (SSSR count). The average Bonchev–Trinajstić information content (AvgIpc) is 2.65. The van der Waals surface area contributed by atoms with Crippen molar-refractivity contribution >= 4 is 38.9 Å². The maximum atomic E-state index is 11.7. The Bertz CT molecular complexity index is 697.